The van der Waals surface area contributed by atoms with Crippen molar-refractivity contribution in [3.05, 3.63) is 56.5 Å². The van der Waals surface area contributed by atoms with Gasteiger partial charge in [0, 0.05) is 10.0 Å². The third-order valence-electron chi connectivity index (χ3n) is 3.14. The molecule has 0 aliphatic rings. The molecule has 0 saturated carbocycles. The summed E-state index contributed by atoms with van der Waals surface area (Å²) in [5.41, 5.74) is 0. The molecule has 6 nitrogen and oxygen atoms in total. The Morgan fingerprint density at radius 1 is 0.964 bits per heavy atom. The minimum Gasteiger partial charge on any atom is -0.465 e. The first kappa shape index (κ1) is 23.1. The molecule has 152 valence electrons. The molecular formula is C17H16Cl4NO5P. The molecule has 0 amide bonds. The van der Waals surface area contributed by atoms with E-state index in [2.05, 4.69) is 5.32 Å². The van der Waals surface area contributed by atoms with E-state index in [0.717, 1.165) is 0 Å². The van der Waals surface area contributed by atoms with Crippen LogP contribution in [0.15, 0.2) is 36.4 Å². The fourth-order valence-corrected chi connectivity index (χ4v) is 4.46. The van der Waals surface area contributed by atoms with E-state index in [1.807, 2.05) is 0 Å². The van der Waals surface area contributed by atoms with E-state index >= 15 is 0 Å². The zero-order valence-corrected chi connectivity index (χ0v) is 18.5. The maximum absolute atomic E-state index is 13.3. The van der Waals surface area contributed by atoms with Crippen LogP contribution in [0.4, 0.5) is 0 Å². The van der Waals surface area contributed by atoms with Gasteiger partial charge in [-0.2, -0.15) is 0 Å². The monoisotopic (exact) mass is 485 g/mol. The molecule has 2 aromatic rings. The lowest BCUT2D eigenvalue weighted by atomic mass is 10.3. The fraction of sp³-hybridized carbons (Fsp3) is 0.235. The molecule has 0 bridgehead atoms. The van der Waals surface area contributed by atoms with Gasteiger partial charge in [-0.15, -0.1) is 0 Å². The van der Waals surface area contributed by atoms with Gasteiger partial charge in [0.1, 0.15) is 17.8 Å². The molecule has 0 saturated heterocycles. The van der Waals surface area contributed by atoms with Crippen LogP contribution in [0.25, 0.3) is 0 Å². The molecule has 0 radical (unpaired) electrons. The second-order valence-electron chi connectivity index (χ2n) is 5.33. The van der Waals surface area contributed by atoms with Crippen LogP contribution in [0.5, 0.6) is 11.5 Å². The summed E-state index contributed by atoms with van der Waals surface area (Å²) in [6.45, 7) is 1.72. The van der Waals surface area contributed by atoms with Crippen molar-refractivity contribution in [3.63, 3.8) is 0 Å². The van der Waals surface area contributed by atoms with Gasteiger partial charge in [-0.25, -0.2) is 4.57 Å². The van der Waals surface area contributed by atoms with Crippen molar-refractivity contribution >= 4 is 60.0 Å². The van der Waals surface area contributed by atoms with E-state index in [9.17, 15) is 9.36 Å². The third kappa shape index (κ3) is 7.03. The maximum atomic E-state index is 13.3. The van der Waals surface area contributed by atoms with Crippen molar-refractivity contribution in [2.75, 3.05) is 19.4 Å². The van der Waals surface area contributed by atoms with Crippen molar-refractivity contribution in [2.24, 2.45) is 0 Å². The Balaban J connectivity index is 2.23. The Kier molecular flexibility index (Phi) is 8.75. The fourth-order valence-electron chi connectivity index (χ4n) is 1.99. The number of benzene rings is 2. The van der Waals surface area contributed by atoms with Crippen molar-refractivity contribution in [1.29, 1.82) is 0 Å². The zero-order valence-electron chi connectivity index (χ0n) is 14.6. The average Bonchev–Trinajstić information content (AvgIpc) is 2.60. The van der Waals surface area contributed by atoms with E-state index in [0.29, 0.717) is 10.0 Å². The van der Waals surface area contributed by atoms with Gasteiger partial charge in [-0.05, 0) is 43.3 Å². The molecule has 0 spiro atoms. The highest BCUT2D eigenvalue weighted by Gasteiger charge is 2.30. The standard InChI is InChI=1S/C17H16Cl4NO5P/c1-2-25-17(23)9-22-10-28(24,26-15-5-3-11(18)7-13(15)20)27-16-6-4-12(19)8-14(16)21/h3-8,22H,2,9-10H2,1H3. The van der Waals surface area contributed by atoms with Crippen molar-refractivity contribution in [1.82, 2.24) is 5.32 Å². The van der Waals surface area contributed by atoms with Gasteiger partial charge in [0.15, 0.2) is 0 Å². The van der Waals surface area contributed by atoms with E-state index in [1.54, 1.807) is 6.92 Å². The first-order valence-corrected chi connectivity index (χ1v) is 11.2. The SMILES string of the molecule is CCOC(=O)CNCP(=O)(Oc1ccc(Cl)cc1Cl)Oc1ccc(Cl)cc1Cl. The molecular weight excluding hydrogens is 471 g/mol. The van der Waals surface area contributed by atoms with Crippen molar-refractivity contribution < 1.29 is 23.1 Å². The summed E-state index contributed by atoms with van der Waals surface area (Å²) in [5, 5.41) is 3.74. The first-order chi connectivity index (χ1) is 13.2. The Bertz CT molecular complexity index is 838. The molecule has 28 heavy (non-hydrogen) atoms. The highest BCUT2D eigenvalue weighted by molar-refractivity contribution is 7.54. The van der Waals surface area contributed by atoms with Crippen LogP contribution < -0.4 is 14.4 Å². The number of carbonyl (C=O) groups is 1. The molecule has 0 aliphatic heterocycles. The quantitative estimate of drug-likeness (QED) is 0.343. The topological polar surface area (TPSA) is 73.9 Å². The van der Waals surface area contributed by atoms with Gasteiger partial charge in [0.25, 0.3) is 0 Å². The summed E-state index contributed by atoms with van der Waals surface area (Å²) in [5.74, 6) is -0.321. The number of hydrogen-bond acceptors (Lipinski definition) is 6. The third-order valence-corrected chi connectivity index (χ3v) is 5.76. The highest BCUT2D eigenvalue weighted by Crippen LogP contribution is 2.50. The van der Waals surface area contributed by atoms with Crippen LogP contribution >= 0.6 is 54.0 Å². The molecule has 2 aromatic carbocycles. The highest BCUT2D eigenvalue weighted by atomic mass is 35.5. The lowest BCUT2D eigenvalue weighted by Crippen LogP contribution is -2.27. The number of halogens is 4. The van der Waals surface area contributed by atoms with Gasteiger partial charge in [0.05, 0.1) is 23.2 Å². The average molecular weight is 487 g/mol. The van der Waals surface area contributed by atoms with Gasteiger partial charge in [0.2, 0.25) is 0 Å². The molecule has 2 rings (SSSR count). The second kappa shape index (κ2) is 10.6. The van der Waals surface area contributed by atoms with Crippen LogP contribution in [0.3, 0.4) is 0 Å². The molecule has 0 atom stereocenters. The minimum absolute atomic E-state index is 0.0948. The van der Waals surface area contributed by atoms with Gasteiger partial charge < -0.3 is 13.8 Å². The summed E-state index contributed by atoms with van der Waals surface area (Å²) in [7, 11) is -3.90. The predicted octanol–water partition coefficient (Wildman–Crippen LogP) is 6.06. The molecule has 0 heterocycles. The molecule has 0 aromatic heterocycles. The summed E-state index contributed by atoms with van der Waals surface area (Å²) < 4.78 is 29.2. The zero-order chi connectivity index (χ0) is 20.7. The number of esters is 1. The van der Waals surface area contributed by atoms with Crippen LogP contribution in [0, 0.1) is 0 Å². The number of hydrogen-bond donors (Lipinski definition) is 1. The van der Waals surface area contributed by atoms with Crippen LogP contribution in [0.2, 0.25) is 20.1 Å². The molecule has 11 heteroatoms. The Labute approximate surface area is 182 Å². The van der Waals surface area contributed by atoms with Crippen LogP contribution in [-0.4, -0.2) is 25.4 Å². The Morgan fingerprint density at radius 3 is 1.89 bits per heavy atom. The van der Waals surface area contributed by atoms with Gasteiger partial charge in [-0.3, -0.25) is 10.1 Å². The first-order valence-electron chi connectivity index (χ1n) is 7.97. The minimum atomic E-state index is -3.90. The lowest BCUT2D eigenvalue weighted by molar-refractivity contribution is -0.141. The summed E-state index contributed by atoms with van der Waals surface area (Å²) in [4.78, 5) is 11.5. The van der Waals surface area contributed by atoms with Crippen LogP contribution in [-0.2, 0) is 14.1 Å². The maximum Gasteiger partial charge on any atom is 0.444 e. The molecule has 1 N–H and O–H groups in total. The summed E-state index contributed by atoms with van der Waals surface area (Å²) in [6.07, 6.45) is -0.316. The lowest BCUT2D eigenvalue weighted by Gasteiger charge is -2.21. The smallest absolute Gasteiger partial charge is 0.444 e. The number of nitrogens with one attached hydrogen (secondary N) is 1. The number of ether oxygens (including phenoxy) is 1. The number of rotatable bonds is 9. The van der Waals surface area contributed by atoms with Crippen molar-refractivity contribution in [2.45, 2.75) is 6.92 Å². The molecule has 0 aliphatic carbocycles. The molecule has 0 unspecified atom stereocenters. The second-order valence-corrected chi connectivity index (χ2v) is 8.92. The van der Waals surface area contributed by atoms with Crippen molar-refractivity contribution in [3.8, 4) is 11.5 Å². The van der Waals surface area contributed by atoms with E-state index in [1.165, 1.54) is 36.4 Å². The summed E-state index contributed by atoms with van der Waals surface area (Å²) >= 11 is 23.9. The van der Waals surface area contributed by atoms with Gasteiger partial charge >= 0.3 is 13.6 Å². The normalized spacial score (nSPS) is 11.2. The summed E-state index contributed by atoms with van der Waals surface area (Å²) in [6, 6.07) is 8.82. The largest absolute Gasteiger partial charge is 0.465 e. The van der Waals surface area contributed by atoms with E-state index < -0.39 is 13.6 Å². The van der Waals surface area contributed by atoms with E-state index in [-0.39, 0.29) is 41.0 Å². The predicted molar refractivity (Wildman–Crippen MR) is 111 cm³/mol. The van der Waals surface area contributed by atoms with E-state index in [4.69, 9.17) is 60.2 Å². The van der Waals surface area contributed by atoms with Crippen LogP contribution in [0.1, 0.15) is 6.92 Å². The Hall–Kier alpha value is -1.14. The number of carbonyl (C=O) groups excluding carboxylic acids is 1. The Morgan fingerprint density at radius 2 is 1.46 bits per heavy atom. The molecule has 0 fully saturated rings. The van der Waals surface area contributed by atoms with Gasteiger partial charge in [-0.1, -0.05) is 46.4 Å².